The molecule has 2 heterocycles. The lowest BCUT2D eigenvalue weighted by Crippen LogP contribution is -2.43. The number of hydrogen-bond acceptors (Lipinski definition) is 1. The van der Waals surface area contributed by atoms with Crippen LogP contribution in [0.3, 0.4) is 0 Å². The van der Waals surface area contributed by atoms with Crippen LogP contribution >= 0.6 is 0 Å². The van der Waals surface area contributed by atoms with E-state index in [9.17, 15) is 0 Å². The van der Waals surface area contributed by atoms with E-state index in [1.165, 1.54) is 22.3 Å². The predicted molar refractivity (Wildman–Crippen MR) is 78.1 cm³/mol. The first-order chi connectivity index (χ1) is 9.35. The average Bonchev–Trinajstić information content (AvgIpc) is 2.71. The van der Waals surface area contributed by atoms with Gasteiger partial charge >= 0.3 is 0 Å². The van der Waals surface area contributed by atoms with Crippen molar-refractivity contribution in [2.75, 3.05) is 0 Å². The monoisotopic (exact) mass is 247 g/mol. The zero-order chi connectivity index (χ0) is 12.9. The molecule has 1 heteroatoms. The van der Waals surface area contributed by atoms with Crippen molar-refractivity contribution in [1.29, 1.82) is 0 Å². The molecule has 0 aliphatic carbocycles. The second-order valence-corrected chi connectivity index (χ2v) is 5.54. The summed E-state index contributed by atoms with van der Waals surface area (Å²) in [5.41, 5.74) is 5.74. The summed E-state index contributed by atoms with van der Waals surface area (Å²) in [6, 6.07) is 18.1. The summed E-state index contributed by atoms with van der Waals surface area (Å²) in [5.74, 6) is 0. The van der Waals surface area contributed by atoms with E-state index in [1.54, 1.807) is 0 Å². The highest BCUT2D eigenvalue weighted by Crippen LogP contribution is 2.50. The van der Waals surface area contributed by atoms with Gasteiger partial charge in [-0.15, -0.1) is 6.58 Å². The highest BCUT2D eigenvalue weighted by Gasteiger charge is 2.47. The smallest absolute Gasteiger partial charge is 0.0736 e. The molecule has 2 aliphatic heterocycles. The lowest BCUT2D eigenvalue weighted by Gasteiger charge is -2.37. The minimum absolute atomic E-state index is 0.0577. The van der Waals surface area contributed by atoms with Gasteiger partial charge in [-0.25, -0.2) is 0 Å². The normalized spacial score (nSPS) is 26.6. The van der Waals surface area contributed by atoms with Gasteiger partial charge in [0.25, 0.3) is 0 Å². The Morgan fingerprint density at radius 3 is 2.68 bits per heavy atom. The summed E-state index contributed by atoms with van der Waals surface area (Å²) < 4.78 is 0. The summed E-state index contributed by atoms with van der Waals surface area (Å²) >= 11 is 0. The molecule has 4 rings (SSSR count). The fraction of sp³-hybridized carbons (Fsp3) is 0.222. The molecule has 19 heavy (non-hydrogen) atoms. The molecule has 0 amide bonds. The largest absolute Gasteiger partial charge is 0.296 e. The molecular formula is C18H17N. The van der Waals surface area contributed by atoms with Gasteiger partial charge in [0.1, 0.15) is 0 Å². The molecule has 2 atom stereocenters. The van der Waals surface area contributed by atoms with Crippen LogP contribution in [0.1, 0.15) is 34.7 Å². The Morgan fingerprint density at radius 2 is 1.84 bits per heavy atom. The Hall–Kier alpha value is -1.86. The van der Waals surface area contributed by atoms with E-state index in [2.05, 4.69) is 60.4 Å². The molecule has 2 aromatic rings. The van der Waals surface area contributed by atoms with Crippen LogP contribution in [0.2, 0.25) is 0 Å². The fourth-order valence-electron chi connectivity index (χ4n) is 3.86. The maximum absolute atomic E-state index is 3.97. The number of nitrogens with one attached hydrogen (secondary N) is 1. The van der Waals surface area contributed by atoms with Crippen molar-refractivity contribution in [3.05, 3.63) is 83.4 Å². The van der Waals surface area contributed by atoms with E-state index in [4.69, 9.17) is 0 Å². The molecule has 0 radical (unpaired) electrons. The van der Waals surface area contributed by atoms with Crippen molar-refractivity contribution in [3.63, 3.8) is 0 Å². The summed E-state index contributed by atoms with van der Waals surface area (Å²) in [7, 11) is 0. The summed E-state index contributed by atoms with van der Waals surface area (Å²) in [6.45, 7) is 3.97. The quantitative estimate of drug-likeness (QED) is 0.798. The van der Waals surface area contributed by atoms with Gasteiger partial charge in [0.2, 0.25) is 0 Å². The molecule has 0 unspecified atom stereocenters. The Balaban J connectivity index is 2.04. The number of hydrogen-bond donors (Lipinski definition) is 1. The van der Waals surface area contributed by atoms with Crippen molar-refractivity contribution in [2.24, 2.45) is 0 Å². The Morgan fingerprint density at radius 1 is 1.11 bits per heavy atom. The molecule has 2 aromatic carbocycles. The Labute approximate surface area is 114 Å². The molecule has 0 aromatic heterocycles. The predicted octanol–water partition coefficient (Wildman–Crippen LogP) is 3.71. The van der Waals surface area contributed by atoms with Gasteiger partial charge in [-0.05, 0) is 35.1 Å². The van der Waals surface area contributed by atoms with Gasteiger partial charge in [0.05, 0.1) is 5.54 Å². The average molecular weight is 247 g/mol. The first-order valence-electron chi connectivity index (χ1n) is 6.91. The molecule has 0 saturated heterocycles. The Kier molecular flexibility index (Phi) is 2.21. The van der Waals surface area contributed by atoms with E-state index in [1.807, 2.05) is 6.08 Å². The topological polar surface area (TPSA) is 12.0 Å². The van der Waals surface area contributed by atoms with Gasteiger partial charge in [-0.1, -0.05) is 54.6 Å². The summed E-state index contributed by atoms with van der Waals surface area (Å²) in [6.07, 6.45) is 4.07. The first-order valence-corrected chi connectivity index (χ1v) is 6.91. The third-order valence-corrected chi connectivity index (χ3v) is 4.57. The molecule has 0 spiro atoms. The molecule has 0 saturated carbocycles. The molecule has 94 valence electrons. The number of benzene rings is 2. The summed E-state index contributed by atoms with van der Waals surface area (Å²) in [4.78, 5) is 0. The lowest BCUT2D eigenvalue weighted by molar-refractivity contribution is 0.363. The minimum atomic E-state index is -0.0577. The third kappa shape index (κ3) is 1.34. The van der Waals surface area contributed by atoms with Crippen LogP contribution in [0.15, 0.2) is 61.2 Å². The fourth-order valence-corrected chi connectivity index (χ4v) is 3.86. The highest BCUT2D eigenvalue weighted by molar-refractivity contribution is 5.55. The Bertz CT molecular complexity index is 645. The van der Waals surface area contributed by atoms with Crippen LogP contribution in [0.4, 0.5) is 0 Å². The molecule has 1 N–H and O–H groups in total. The maximum atomic E-state index is 3.97. The van der Waals surface area contributed by atoms with E-state index < -0.39 is 0 Å². The highest BCUT2D eigenvalue weighted by atomic mass is 15.1. The van der Waals surface area contributed by atoms with Crippen molar-refractivity contribution in [1.82, 2.24) is 5.32 Å². The standard InChI is InChI=1S/C18H17N/c1-2-11-18-15-9-5-3-7-13(15)12-17(19-18)14-8-4-6-10-16(14)18/h2-10,17,19H,1,11-12H2/t17-,18+/m1/s1. The van der Waals surface area contributed by atoms with E-state index in [0.29, 0.717) is 6.04 Å². The van der Waals surface area contributed by atoms with Crippen LogP contribution in [-0.2, 0) is 12.0 Å². The van der Waals surface area contributed by atoms with Crippen molar-refractivity contribution in [3.8, 4) is 0 Å². The second kappa shape index (κ2) is 3.82. The zero-order valence-electron chi connectivity index (χ0n) is 10.9. The number of rotatable bonds is 2. The van der Waals surface area contributed by atoms with Crippen LogP contribution < -0.4 is 5.32 Å². The summed E-state index contributed by atoms with van der Waals surface area (Å²) in [5, 5.41) is 3.86. The SMILES string of the molecule is C=CC[C@]12N[C@H](Cc3ccccc31)c1ccccc12. The van der Waals surface area contributed by atoms with Crippen LogP contribution in [0.5, 0.6) is 0 Å². The van der Waals surface area contributed by atoms with Crippen LogP contribution in [0.25, 0.3) is 0 Å². The van der Waals surface area contributed by atoms with Gasteiger partial charge in [0.15, 0.2) is 0 Å². The molecule has 1 nitrogen and oxygen atoms in total. The first kappa shape index (κ1) is 11.0. The molecule has 2 bridgehead atoms. The molecule has 2 aliphatic rings. The van der Waals surface area contributed by atoms with E-state index in [-0.39, 0.29) is 5.54 Å². The van der Waals surface area contributed by atoms with E-state index >= 15 is 0 Å². The minimum Gasteiger partial charge on any atom is -0.296 e. The van der Waals surface area contributed by atoms with Crippen LogP contribution in [-0.4, -0.2) is 0 Å². The van der Waals surface area contributed by atoms with Crippen molar-refractivity contribution in [2.45, 2.75) is 24.4 Å². The van der Waals surface area contributed by atoms with Crippen molar-refractivity contribution >= 4 is 0 Å². The lowest BCUT2D eigenvalue weighted by atomic mass is 9.78. The van der Waals surface area contributed by atoms with E-state index in [0.717, 1.165) is 12.8 Å². The molecule has 0 fully saturated rings. The second-order valence-electron chi connectivity index (χ2n) is 5.54. The van der Waals surface area contributed by atoms with Crippen LogP contribution in [0, 0.1) is 0 Å². The third-order valence-electron chi connectivity index (χ3n) is 4.57. The van der Waals surface area contributed by atoms with Gasteiger partial charge in [-0.2, -0.15) is 0 Å². The van der Waals surface area contributed by atoms with Gasteiger partial charge in [0, 0.05) is 6.04 Å². The number of fused-ring (bicyclic) bond motifs is 7. The van der Waals surface area contributed by atoms with Crippen molar-refractivity contribution < 1.29 is 0 Å². The van der Waals surface area contributed by atoms with Gasteiger partial charge < -0.3 is 0 Å². The maximum Gasteiger partial charge on any atom is 0.0736 e. The molecular weight excluding hydrogens is 230 g/mol. The van der Waals surface area contributed by atoms with Gasteiger partial charge in [-0.3, -0.25) is 5.32 Å². The zero-order valence-corrected chi connectivity index (χ0v) is 10.9.